The lowest BCUT2D eigenvalue weighted by Gasteiger charge is -2.09. The molecule has 2 aliphatic heterocycles. The van der Waals surface area contributed by atoms with Crippen LogP contribution in [0.15, 0.2) is 175 Å². The summed E-state index contributed by atoms with van der Waals surface area (Å²) in [5.74, 6) is 0. The molecule has 2 heterocycles. The van der Waals surface area contributed by atoms with Gasteiger partial charge in [0.1, 0.15) is 0 Å². The molecule has 10 rings (SSSR count). The third kappa shape index (κ3) is 4.09. The molecule has 0 saturated heterocycles. The first-order valence-corrected chi connectivity index (χ1v) is 16.6. The zero-order chi connectivity index (χ0) is 30.5. The number of allylic oxidation sites excluding steroid dienone is 22. The predicted molar refractivity (Wildman–Crippen MR) is 192 cm³/mol. The second kappa shape index (κ2) is 9.71. The van der Waals surface area contributed by atoms with E-state index in [1.165, 1.54) is 100 Å². The number of benzene rings is 2. The molecule has 0 spiro atoms. The molecule has 0 bridgehead atoms. The van der Waals surface area contributed by atoms with Gasteiger partial charge in [0, 0.05) is 24.3 Å². The van der Waals surface area contributed by atoms with E-state index in [1.807, 2.05) is 0 Å². The summed E-state index contributed by atoms with van der Waals surface area (Å²) in [6.45, 7) is 8.81. The maximum absolute atomic E-state index is 5.18. The highest BCUT2D eigenvalue weighted by molar-refractivity contribution is 6.11. The van der Waals surface area contributed by atoms with Gasteiger partial charge in [0.25, 0.3) is 0 Å². The van der Waals surface area contributed by atoms with Crippen LogP contribution in [0, 0.1) is 0 Å². The van der Waals surface area contributed by atoms with Crippen LogP contribution < -0.4 is 0 Å². The molecule has 0 aromatic heterocycles. The van der Waals surface area contributed by atoms with Gasteiger partial charge < -0.3 is 0 Å². The van der Waals surface area contributed by atoms with Crippen molar-refractivity contribution in [3.63, 3.8) is 0 Å². The molecule has 2 aromatic rings. The predicted octanol–water partition coefficient (Wildman–Crippen LogP) is 10.9. The van der Waals surface area contributed by atoms with Gasteiger partial charge in [-0.3, -0.25) is 9.98 Å². The Balaban J connectivity index is 0.826. The highest BCUT2D eigenvalue weighted by atomic mass is 14.8. The fraction of sp³-hybridized carbons (Fsp3) is 0.182. The zero-order valence-electron chi connectivity index (χ0n) is 26.0. The standard InChI is InChI=1S/C44H34N2/c1-25(27-7-3-4-8-27)29-11-31-15-37(16-32(31)12-29)43-23-39-19-35-22-42-40(20-36(35)21-41(39)45-43)24-44(46-42)38-17-33-13-30(14-34(33)18-38)26(2)28-9-5-6-10-28/h3-7,9,11,13,16,18-22H,1-2,8,10,12,14-15,17,23-24H2. The Hall–Kier alpha value is -5.08. The number of hydrogen-bond acceptors (Lipinski definition) is 2. The van der Waals surface area contributed by atoms with Crippen molar-refractivity contribution >= 4 is 33.6 Å². The van der Waals surface area contributed by atoms with E-state index in [1.54, 1.807) is 0 Å². The van der Waals surface area contributed by atoms with Crippen molar-refractivity contribution in [3.05, 3.63) is 176 Å². The molecule has 6 aliphatic carbocycles. The van der Waals surface area contributed by atoms with Crippen molar-refractivity contribution in [2.75, 3.05) is 0 Å². The van der Waals surface area contributed by atoms with Gasteiger partial charge in [-0.15, -0.1) is 0 Å². The van der Waals surface area contributed by atoms with E-state index in [-0.39, 0.29) is 0 Å². The second-order valence-corrected chi connectivity index (χ2v) is 13.9. The van der Waals surface area contributed by atoms with E-state index in [4.69, 9.17) is 9.98 Å². The van der Waals surface area contributed by atoms with Gasteiger partial charge in [-0.1, -0.05) is 73.9 Å². The molecule has 0 atom stereocenters. The van der Waals surface area contributed by atoms with E-state index in [0.29, 0.717) is 0 Å². The van der Waals surface area contributed by atoms with Gasteiger partial charge in [0.15, 0.2) is 0 Å². The number of fused-ring (bicyclic) bond motifs is 3. The van der Waals surface area contributed by atoms with E-state index < -0.39 is 0 Å². The van der Waals surface area contributed by atoms with Crippen molar-refractivity contribution < 1.29 is 0 Å². The molecule has 2 heteroatoms. The van der Waals surface area contributed by atoms with E-state index in [2.05, 4.69) is 98.2 Å². The van der Waals surface area contributed by atoms with Gasteiger partial charge in [0.05, 0.1) is 11.4 Å². The summed E-state index contributed by atoms with van der Waals surface area (Å²) in [7, 11) is 0. The van der Waals surface area contributed by atoms with Crippen molar-refractivity contribution in [1.82, 2.24) is 0 Å². The second-order valence-electron chi connectivity index (χ2n) is 13.9. The minimum absolute atomic E-state index is 0.908. The van der Waals surface area contributed by atoms with Gasteiger partial charge in [-0.25, -0.2) is 0 Å². The third-order valence-electron chi connectivity index (χ3n) is 11.0. The summed E-state index contributed by atoms with van der Waals surface area (Å²) in [6, 6.07) is 9.32. The van der Waals surface area contributed by atoms with Crippen LogP contribution in [-0.2, 0) is 12.8 Å². The van der Waals surface area contributed by atoms with E-state index in [9.17, 15) is 0 Å². The molecule has 2 nitrogen and oxygen atoms in total. The average molecular weight is 591 g/mol. The summed E-state index contributed by atoms with van der Waals surface area (Å²) < 4.78 is 0. The smallest absolute Gasteiger partial charge is 0.0675 e. The molecule has 220 valence electrons. The molecule has 2 aromatic carbocycles. The normalized spacial score (nSPS) is 21.7. The van der Waals surface area contributed by atoms with Crippen LogP contribution in [0.5, 0.6) is 0 Å². The number of nitrogens with zero attached hydrogens (tertiary/aromatic N) is 2. The first kappa shape index (κ1) is 26.2. The summed E-state index contributed by atoms with van der Waals surface area (Å²) >= 11 is 0. The molecule has 0 amide bonds. The van der Waals surface area contributed by atoms with E-state index >= 15 is 0 Å². The fourth-order valence-electron chi connectivity index (χ4n) is 8.42. The first-order chi connectivity index (χ1) is 22.5. The van der Waals surface area contributed by atoms with Crippen molar-refractivity contribution in [3.8, 4) is 0 Å². The van der Waals surface area contributed by atoms with Crippen LogP contribution in [0.1, 0.15) is 49.7 Å². The summed E-state index contributed by atoms with van der Waals surface area (Å²) in [4.78, 5) is 10.4. The van der Waals surface area contributed by atoms with Crippen LogP contribution in [0.2, 0.25) is 0 Å². The Morgan fingerprint density at radius 1 is 0.500 bits per heavy atom. The van der Waals surface area contributed by atoms with Gasteiger partial charge >= 0.3 is 0 Å². The van der Waals surface area contributed by atoms with Crippen LogP contribution >= 0.6 is 0 Å². The van der Waals surface area contributed by atoms with Crippen molar-refractivity contribution in [1.29, 1.82) is 0 Å². The molecule has 0 saturated carbocycles. The Morgan fingerprint density at radius 3 is 1.37 bits per heavy atom. The number of aliphatic imine (C=N–C) groups is 2. The minimum atomic E-state index is 0.908. The van der Waals surface area contributed by atoms with Crippen molar-refractivity contribution in [2.45, 2.75) is 51.4 Å². The molecular formula is C44H34N2. The largest absolute Gasteiger partial charge is 0.252 e. The lowest BCUT2D eigenvalue weighted by atomic mass is 9.94. The molecule has 8 aliphatic rings. The summed E-state index contributed by atoms with van der Waals surface area (Å²) in [6.07, 6.45) is 30.5. The lowest BCUT2D eigenvalue weighted by Crippen LogP contribution is -2.02. The van der Waals surface area contributed by atoms with Crippen molar-refractivity contribution in [2.24, 2.45) is 9.98 Å². The summed E-state index contributed by atoms with van der Waals surface area (Å²) in [5, 5.41) is 2.54. The lowest BCUT2D eigenvalue weighted by molar-refractivity contribution is 1.17. The van der Waals surface area contributed by atoms with Gasteiger partial charge in [-0.05, 0) is 152 Å². The highest BCUT2D eigenvalue weighted by Crippen LogP contribution is 2.46. The quantitative estimate of drug-likeness (QED) is 0.320. The number of hydrogen-bond donors (Lipinski definition) is 0. The molecule has 0 fully saturated rings. The maximum Gasteiger partial charge on any atom is 0.0675 e. The van der Waals surface area contributed by atoms with Crippen LogP contribution in [0.4, 0.5) is 11.4 Å². The highest BCUT2D eigenvalue weighted by Gasteiger charge is 2.30. The molecular weight excluding hydrogens is 556 g/mol. The van der Waals surface area contributed by atoms with Crippen LogP contribution in [-0.4, -0.2) is 11.4 Å². The number of rotatable bonds is 6. The Labute approximate surface area is 270 Å². The Morgan fingerprint density at radius 2 is 0.957 bits per heavy atom. The molecule has 0 N–H and O–H groups in total. The average Bonchev–Trinajstić information content (AvgIpc) is 3.88. The maximum atomic E-state index is 5.18. The fourth-order valence-corrected chi connectivity index (χ4v) is 8.42. The molecule has 46 heavy (non-hydrogen) atoms. The van der Waals surface area contributed by atoms with Gasteiger partial charge in [-0.2, -0.15) is 0 Å². The Bertz CT molecular complexity index is 2140. The molecule has 0 radical (unpaired) electrons. The Kier molecular flexibility index (Phi) is 5.52. The zero-order valence-corrected chi connectivity index (χ0v) is 26.0. The monoisotopic (exact) mass is 590 g/mol. The minimum Gasteiger partial charge on any atom is -0.252 e. The van der Waals surface area contributed by atoms with Crippen LogP contribution in [0.3, 0.4) is 0 Å². The molecule has 0 unspecified atom stereocenters. The SMILES string of the molecule is C=C(C1=CC=CC1)C1=CC2=C(C=C(C3=Nc4cc5cc6c(cc5cc4C3)N=C(C3=CC4=C(C=C(C(=C)C5=CC=CC5)C4)C3)C6)C2)C1. The van der Waals surface area contributed by atoms with Crippen LogP contribution in [0.25, 0.3) is 10.8 Å². The third-order valence-corrected chi connectivity index (χ3v) is 11.0. The first-order valence-electron chi connectivity index (χ1n) is 16.6. The van der Waals surface area contributed by atoms with E-state index in [0.717, 1.165) is 62.7 Å². The van der Waals surface area contributed by atoms with Gasteiger partial charge in [0.2, 0.25) is 0 Å². The topological polar surface area (TPSA) is 24.7 Å². The summed E-state index contributed by atoms with van der Waals surface area (Å²) in [5.41, 5.74) is 23.8.